The Kier molecular flexibility index (Phi) is 7.17. The van der Waals surface area contributed by atoms with Crippen molar-refractivity contribution in [1.82, 2.24) is 19.9 Å². The molecule has 0 spiro atoms. The molecule has 36 heavy (non-hydrogen) atoms. The molecule has 0 radical (unpaired) electrons. The van der Waals surface area contributed by atoms with Gasteiger partial charge in [-0.3, -0.25) is 9.69 Å². The predicted octanol–water partition coefficient (Wildman–Crippen LogP) is 4.66. The zero-order valence-electron chi connectivity index (χ0n) is 19.7. The number of hydrogen-bond donors (Lipinski definition) is 1. The van der Waals surface area contributed by atoms with Crippen molar-refractivity contribution in [2.75, 3.05) is 26.3 Å². The van der Waals surface area contributed by atoms with E-state index in [0.29, 0.717) is 12.1 Å². The van der Waals surface area contributed by atoms with Crippen molar-refractivity contribution >= 4 is 34.4 Å². The molecule has 0 atom stereocenters. The average Bonchev–Trinajstić information content (AvgIpc) is 3.50. The summed E-state index contributed by atoms with van der Waals surface area (Å²) in [7, 11) is 0. The number of carbonyl (C=O) groups excluding carboxylic acids is 1. The van der Waals surface area contributed by atoms with Gasteiger partial charge in [0.15, 0.2) is 0 Å². The number of morpholine rings is 1. The fourth-order valence-electron chi connectivity index (χ4n) is 4.20. The maximum atomic E-state index is 13.8. The number of aromatic nitrogens is 2. The summed E-state index contributed by atoms with van der Waals surface area (Å²) in [5, 5.41) is 7.61. The van der Waals surface area contributed by atoms with E-state index in [1.54, 1.807) is 17.5 Å². The first-order valence-corrected chi connectivity index (χ1v) is 12.6. The molecule has 0 bridgehead atoms. The summed E-state index contributed by atoms with van der Waals surface area (Å²) in [6, 6.07) is 9.14. The van der Waals surface area contributed by atoms with Gasteiger partial charge in [0.2, 0.25) is 0 Å². The molecule has 1 aliphatic heterocycles. The van der Waals surface area contributed by atoms with E-state index in [1.807, 2.05) is 29.7 Å². The van der Waals surface area contributed by atoms with Gasteiger partial charge in [-0.25, -0.2) is 19.2 Å². The zero-order valence-corrected chi connectivity index (χ0v) is 20.5. The first-order chi connectivity index (χ1) is 17.5. The molecule has 1 amide bonds. The van der Waals surface area contributed by atoms with Crippen LogP contribution < -0.4 is 5.43 Å². The summed E-state index contributed by atoms with van der Waals surface area (Å²) in [4.78, 5) is 20.1. The number of hydrazone groups is 1. The summed E-state index contributed by atoms with van der Waals surface area (Å²) < 4.78 is 34.3. The van der Waals surface area contributed by atoms with E-state index in [1.165, 1.54) is 6.07 Å². The highest BCUT2D eigenvalue weighted by Gasteiger charge is 2.17. The molecular formula is C26H25F2N5O2S. The van der Waals surface area contributed by atoms with E-state index in [0.717, 1.165) is 78.4 Å². The third-order valence-electron chi connectivity index (χ3n) is 6.09. The summed E-state index contributed by atoms with van der Waals surface area (Å²) in [5.41, 5.74) is 5.85. The predicted molar refractivity (Wildman–Crippen MR) is 136 cm³/mol. The molecule has 0 saturated carbocycles. The first kappa shape index (κ1) is 24.2. The lowest BCUT2D eigenvalue weighted by molar-refractivity contribution is 0.0337. The summed E-state index contributed by atoms with van der Waals surface area (Å²) in [6.45, 7) is 6.77. The smallest absolute Gasteiger partial charge is 0.273 e. The fourth-order valence-corrected chi connectivity index (χ4v) is 5.01. The Balaban J connectivity index is 1.37. The highest BCUT2D eigenvalue weighted by molar-refractivity contribution is 7.13. The molecule has 1 saturated heterocycles. The van der Waals surface area contributed by atoms with Crippen LogP contribution in [0.1, 0.15) is 28.5 Å². The van der Waals surface area contributed by atoms with Crippen LogP contribution in [0.15, 0.2) is 53.1 Å². The second-order valence-electron chi connectivity index (χ2n) is 8.46. The Hall–Kier alpha value is -3.47. The normalized spacial score (nSPS) is 14.6. The lowest BCUT2D eigenvalue weighted by Crippen LogP contribution is -2.35. The van der Waals surface area contributed by atoms with Crippen LogP contribution >= 0.6 is 11.3 Å². The van der Waals surface area contributed by atoms with Gasteiger partial charge < -0.3 is 9.30 Å². The number of nitrogens with one attached hydrogen (secondary N) is 1. The topological polar surface area (TPSA) is 71.8 Å². The first-order valence-electron chi connectivity index (χ1n) is 11.7. The maximum Gasteiger partial charge on any atom is 0.273 e. The van der Waals surface area contributed by atoms with Gasteiger partial charge in [-0.15, -0.1) is 11.3 Å². The molecule has 186 valence electrons. The van der Waals surface area contributed by atoms with Crippen LogP contribution in [0.3, 0.4) is 0 Å². The van der Waals surface area contributed by atoms with Gasteiger partial charge in [0.25, 0.3) is 5.91 Å². The molecule has 1 N–H and O–H groups in total. The summed E-state index contributed by atoms with van der Waals surface area (Å²) in [5.74, 6) is -1.85. The van der Waals surface area contributed by atoms with Crippen molar-refractivity contribution in [2.24, 2.45) is 5.10 Å². The van der Waals surface area contributed by atoms with Crippen LogP contribution in [0.5, 0.6) is 0 Å². The number of aryl methyl sites for hydroxylation is 1. The lowest BCUT2D eigenvalue weighted by Gasteiger charge is -2.25. The van der Waals surface area contributed by atoms with Crippen molar-refractivity contribution in [3.8, 4) is 10.6 Å². The van der Waals surface area contributed by atoms with E-state index >= 15 is 0 Å². The monoisotopic (exact) mass is 509 g/mol. The van der Waals surface area contributed by atoms with Gasteiger partial charge in [0, 0.05) is 65.9 Å². The maximum absolute atomic E-state index is 13.8. The number of amides is 1. The van der Waals surface area contributed by atoms with Gasteiger partial charge in [-0.2, -0.15) is 5.10 Å². The molecule has 3 heterocycles. The van der Waals surface area contributed by atoms with Crippen LogP contribution in [-0.2, 0) is 17.8 Å². The molecule has 7 nitrogen and oxygen atoms in total. The molecule has 2 aromatic carbocycles. The van der Waals surface area contributed by atoms with Crippen LogP contribution in [0.25, 0.3) is 21.5 Å². The van der Waals surface area contributed by atoms with Crippen molar-refractivity contribution in [2.45, 2.75) is 20.0 Å². The molecule has 1 fully saturated rings. The third kappa shape index (κ3) is 5.20. The minimum Gasteiger partial charge on any atom is -0.379 e. The van der Waals surface area contributed by atoms with Crippen LogP contribution in [0.2, 0.25) is 0 Å². The number of fused-ring (bicyclic) bond motifs is 1. The lowest BCUT2D eigenvalue weighted by atomic mass is 10.1. The second kappa shape index (κ2) is 10.7. The van der Waals surface area contributed by atoms with E-state index in [4.69, 9.17) is 9.72 Å². The van der Waals surface area contributed by atoms with Crippen molar-refractivity contribution < 1.29 is 18.3 Å². The number of rotatable bonds is 7. The van der Waals surface area contributed by atoms with Gasteiger partial charge in [0.05, 0.1) is 30.7 Å². The van der Waals surface area contributed by atoms with Gasteiger partial charge in [0.1, 0.15) is 16.6 Å². The highest BCUT2D eigenvalue weighted by atomic mass is 32.1. The molecule has 5 rings (SSSR count). The Bertz CT molecular complexity index is 1430. The number of nitrogens with zero attached hydrogens (tertiary/aromatic N) is 4. The van der Waals surface area contributed by atoms with Crippen molar-refractivity contribution in [3.63, 3.8) is 0 Å². The van der Waals surface area contributed by atoms with Crippen LogP contribution in [0.4, 0.5) is 8.78 Å². The van der Waals surface area contributed by atoms with E-state index < -0.39 is 17.5 Å². The Labute approximate surface area is 211 Å². The molecular weight excluding hydrogens is 484 g/mol. The molecule has 1 aliphatic rings. The minimum atomic E-state index is -0.753. The Morgan fingerprint density at radius 2 is 2.06 bits per heavy atom. The van der Waals surface area contributed by atoms with E-state index in [-0.39, 0.29) is 5.56 Å². The number of ether oxygens (including phenoxy) is 1. The number of hydrogen-bond acceptors (Lipinski definition) is 6. The quantitative estimate of drug-likeness (QED) is 0.291. The largest absolute Gasteiger partial charge is 0.379 e. The molecule has 0 unspecified atom stereocenters. The van der Waals surface area contributed by atoms with Crippen molar-refractivity contribution in [1.29, 1.82) is 0 Å². The SMILES string of the molecule is CCn1cc(C(=O)N/N=C/c2ccc(F)cc2F)c2cc(-c3nc(CN4CCOCC4)cs3)ccc21. The minimum absolute atomic E-state index is 0.0756. The van der Waals surface area contributed by atoms with Gasteiger partial charge in [-0.1, -0.05) is 0 Å². The van der Waals surface area contributed by atoms with Crippen LogP contribution in [0, 0.1) is 11.6 Å². The van der Waals surface area contributed by atoms with Crippen molar-refractivity contribution in [3.05, 3.63) is 76.4 Å². The molecule has 2 aromatic heterocycles. The zero-order chi connectivity index (χ0) is 25.1. The third-order valence-corrected chi connectivity index (χ3v) is 7.03. The second-order valence-corrected chi connectivity index (χ2v) is 9.32. The average molecular weight is 510 g/mol. The standard InChI is InChI=1S/C26H25F2N5O2S/c1-2-33-15-22(25(34)31-29-13-18-3-5-19(27)12-23(18)28)21-11-17(4-6-24(21)33)26-30-20(16-36-26)14-32-7-9-35-10-8-32/h3-6,11-13,15-16H,2,7-10,14H2,1H3,(H,31,34)/b29-13+. The number of carbonyl (C=O) groups is 1. The highest BCUT2D eigenvalue weighted by Crippen LogP contribution is 2.30. The number of benzene rings is 2. The van der Waals surface area contributed by atoms with Crippen LogP contribution in [-0.4, -0.2) is 52.9 Å². The molecule has 4 aromatic rings. The Morgan fingerprint density at radius 1 is 1.22 bits per heavy atom. The summed E-state index contributed by atoms with van der Waals surface area (Å²) >= 11 is 1.58. The number of halogens is 2. The van der Waals surface area contributed by atoms with Gasteiger partial charge >= 0.3 is 0 Å². The Morgan fingerprint density at radius 3 is 2.83 bits per heavy atom. The summed E-state index contributed by atoms with van der Waals surface area (Å²) in [6.07, 6.45) is 2.94. The van der Waals surface area contributed by atoms with Gasteiger partial charge in [-0.05, 0) is 37.3 Å². The molecule has 10 heteroatoms. The van der Waals surface area contributed by atoms with E-state index in [9.17, 15) is 13.6 Å². The van der Waals surface area contributed by atoms with E-state index in [2.05, 4.69) is 20.8 Å². The fraction of sp³-hybridized carbons (Fsp3) is 0.269. The number of thiazole rings is 1. The molecule has 0 aliphatic carbocycles.